The summed E-state index contributed by atoms with van der Waals surface area (Å²) in [6, 6.07) is 10.1. The first-order chi connectivity index (χ1) is 18.6. The molecule has 1 unspecified atom stereocenters. The van der Waals surface area contributed by atoms with E-state index in [4.69, 9.17) is 19.2 Å². The fourth-order valence-corrected chi connectivity index (χ4v) is 5.99. The smallest absolute Gasteiger partial charge is 0.328 e. The predicted molar refractivity (Wildman–Crippen MR) is 153 cm³/mol. The van der Waals surface area contributed by atoms with Crippen molar-refractivity contribution in [3.63, 3.8) is 0 Å². The van der Waals surface area contributed by atoms with E-state index in [1.807, 2.05) is 26.8 Å². The monoisotopic (exact) mass is 535 g/mol. The number of aromatic nitrogens is 1. The van der Waals surface area contributed by atoms with E-state index in [9.17, 15) is 4.79 Å². The number of aryl methyl sites for hydroxylation is 2. The van der Waals surface area contributed by atoms with Crippen LogP contribution in [0.15, 0.2) is 30.3 Å². The van der Waals surface area contributed by atoms with Crippen molar-refractivity contribution in [2.24, 2.45) is 0 Å². The third-order valence-corrected chi connectivity index (χ3v) is 7.92. The maximum atomic E-state index is 13.5. The van der Waals surface area contributed by atoms with Crippen molar-refractivity contribution >= 4 is 11.8 Å². The van der Waals surface area contributed by atoms with Crippen LogP contribution in [0.2, 0.25) is 0 Å². The van der Waals surface area contributed by atoms with Crippen LogP contribution in [0, 0.1) is 0 Å². The lowest BCUT2D eigenvalue weighted by Crippen LogP contribution is -2.56. The second-order valence-electron chi connectivity index (χ2n) is 12.7. The van der Waals surface area contributed by atoms with Gasteiger partial charge in [-0.3, -0.25) is 4.90 Å². The molecule has 39 heavy (non-hydrogen) atoms. The Morgan fingerprint density at radius 3 is 2.77 bits per heavy atom. The topological polar surface area (TPSA) is 72.9 Å². The van der Waals surface area contributed by atoms with Crippen LogP contribution < -0.4 is 5.32 Å². The number of anilines is 1. The lowest BCUT2D eigenvalue weighted by molar-refractivity contribution is -0.168. The molecule has 0 saturated carbocycles. The Kier molecular flexibility index (Phi) is 8.32. The van der Waals surface area contributed by atoms with Crippen LogP contribution >= 0.6 is 0 Å². The normalized spacial score (nSPS) is 19.5. The Labute approximate surface area is 233 Å². The van der Waals surface area contributed by atoms with E-state index in [0.29, 0.717) is 6.61 Å². The molecule has 1 N–H and O–H groups in total. The van der Waals surface area contributed by atoms with Crippen molar-refractivity contribution in [2.75, 3.05) is 31.6 Å². The number of rotatable bonds is 10. The lowest BCUT2D eigenvalue weighted by Gasteiger charge is -2.44. The van der Waals surface area contributed by atoms with Gasteiger partial charge in [0.15, 0.2) is 0 Å². The minimum Gasteiger partial charge on any atom is -0.459 e. The zero-order valence-electron chi connectivity index (χ0n) is 24.3. The first-order valence-corrected chi connectivity index (χ1v) is 14.7. The zero-order valence-corrected chi connectivity index (χ0v) is 24.3. The van der Waals surface area contributed by atoms with E-state index < -0.39 is 17.2 Å². The lowest BCUT2D eigenvalue weighted by atomic mass is 9.86. The summed E-state index contributed by atoms with van der Waals surface area (Å²) in [7, 11) is 0. The summed E-state index contributed by atoms with van der Waals surface area (Å²) in [6.45, 7) is 13.7. The van der Waals surface area contributed by atoms with Gasteiger partial charge in [-0.05, 0) is 95.0 Å². The van der Waals surface area contributed by atoms with E-state index >= 15 is 0 Å². The molecule has 212 valence electrons. The molecule has 1 aromatic carbocycles. The van der Waals surface area contributed by atoms with Crippen molar-refractivity contribution in [1.82, 2.24) is 9.88 Å². The number of pyridine rings is 1. The number of hydrogen-bond acceptors (Lipinski definition) is 7. The molecule has 0 radical (unpaired) electrons. The third kappa shape index (κ3) is 6.64. The van der Waals surface area contributed by atoms with Gasteiger partial charge in [-0.1, -0.05) is 30.7 Å². The van der Waals surface area contributed by atoms with Crippen LogP contribution in [0.3, 0.4) is 0 Å². The summed E-state index contributed by atoms with van der Waals surface area (Å²) >= 11 is 0. The van der Waals surface area contributed by atoms with Gasteiger partial charge in [0.2, 0.25) is 0 Å². The second-order valence-corrected chi connectivity index (χ2v) is 12.7. The zero-order chi connectivity index (χ0) is 27.6. The first-order valence-electron chi connectivity index (χ1n) is 14.7. The molecule has 3 aliphatic rings. The number of ether oxygens (including phenoxy) is 3. The van der Waals surface area contributed by atoms with Crippen LogP contribution in [0.5, 0.6) is 0 Å². The van der Waals surface area contributed by atoms with E-state index in [-0.39, 0.29) is 12.1 Å². The number of nitrogens with zero attached hydrogens (tertiary/aromatic N) is 2. The molecule has 2 aromatic rings. The maximum absolute atomic E-state index is 13.5. The predicted octanol–water partition coefficient (Wildman–Crippen LogP) is 5.70. The number of esters is 1. The standard InChI is InChI=1S/C32H45N3O4/c1-31(2,3)39-30(36)28(26-14-9-11-23-21-38-32(4,5)27(23)26)35-19-25(20-35)37-18-8-6-7-13-24-16-15-22-12-10-17-33-29(22)34-24/h9,11,14-16,25,28H,6-8,10,12-13,17-21H2,1-5H3,(H,33,34). The van der Waals surface area contributed by atoms with Crippen molar-refractivity contribution < 1.29 is 19.0 Å². The fraction of sp³-hybridized carbons (Fsp3) is 0.625. The molecule has 5 rings (SSSR count). The third-order valence-electron chi connectivity index (χ3n) is 7.92. The van der Waals surface area contributed by atoms with Crippen LogP contribution in [-0.4, -0.2) is 53.8 Å². The number of nitrogens with one attached hydrogen (secondary N) is 1. The van der Waals surface area contributed by atoms with Crippen molar-refractivity contribution in [3.05, 3.63) is 58.3 Å². The van der Waals surface area contributed by atoms with E-state index in [0.717, 1.165) is 80.9 Å². The summed E-state index contributed by atoms with van der Waals surface area (Å²) in [5, 5.41) is 3.42. The summed E-state index contributed by atoms with van der Waals surface area (Å²) in [4.78, 5) is 20.5. The van der Waals surface area contributed by atoms with Crippen molar-refractivity contribution in [1.29, 1.82) is 0 Å². The average molecular weight is 536 g/mol. The second kappa shape index (κ2) is 11.6. The molecule has 1 fully saturated rings. The van der Waals surface area contributed by atoms with Gasteiger partial charge >= 0.3 is 5.97 Å². The van der Waals surface area contributed by atoms with Gasteiger partial charge in [0.25, 0.3) is 0 Å². The van der Waals surface area contributed by atoms with Crippen LogP contribution in [0.4, 0.5) is 5.82 Å². The van der Waals surface area contributed by atoms with Gasteiger partial charge in [0, 0.05) is 31.9 Å². The van der Waals surface area contributed by atoms with Crippen molar-refractivity contribution in [2.45, 2.75) is 103 Å². The fourth-order valence-electron chi connectivity index (χ4n) is 5.99. The molecule has 0 amide bonds. The Morgan fingerprint density at radius 2 is 1.97 bits per heavy atom. The van der Waals surface area contributed by atoms with Gasteiger partial charge in [-0.15, -0.1) is 0 Å². The maximum Gasteiger partial charge on any atom is 0.328 e. The molecule has 1 aromatic heterocycles. The minimum absolute atomic E-state index is 0.143. The molecule has 1 atom stereocenters. The van der Waals surface area contributed by atoms with Gasteiger partial charge < -0.3 is 19.5 Å². The Hall–Kier alpha value is -2.48. The van der Waals surface area contributed by atoms with E-state index in [1.165, 1.54) is 17.7 Å². The molecular formula is C32H45N3O4. The van der Waals surface area contributed by atoms with Crippen LogP contribution in [-0.2, 0) is 44.1 Å². The van der Waals surface area contributed by atoms with E-state index in [1.54, 1.807) is 0 Å². The first kappa shape index (κ1) is 28.1. The van der Waals surface area contributed by atoms with Crippen LogP contribution in [0.25, 0.3) is 0 Å². The largest absolute Gasteiger partial charge is 0.459 e. The van der Waals surface area contributed by atoms with Gasteiger partial charge in [0.1, 0.15) is 17.5 Å². The number of carbonyl (C=O) groups excluding carboxylic acids is 1. The summed E-state index contributed by atoms with van der Waals surface area (Å²) < 4.78 is 18.2. The Morgan fingerprint density at radius 1 is 1.15 bits per heavy atom. The van der Waals surface area contributed by atoms with Gasteiger partial charge in [-0.25, -0.2) is 9.78 Å². The molecule has 0 spiro atoms. The highest BCUT2D eigenvalue weighted by atomic mass is 16.6. The number of unbranched alkanes of at least 4 members (excludes halogenated alkanes) is 2. The van der Waals surface area contributed by atoms with Crippen LogP contribution in [0.1, 0.15) is 94.3 Å². The number of likely N-dealkylation sites (tertiary alicyclic amines) is 1. The summed E-state index contributed by atoms with van der Waals surface area (Å²) in [5.41, 5.74) is 4.80. The molecule has 3 aliphatic heterocycles. The van der Waals surface area contributed by atoms with Gasteiger partial charge in [0.05, 0.1) is 18.3 Å². The highest BCUT2D eigenvalue weighted by Gasteiger charge is 2.44. The average Bonchev–Trinajstić information content (AvgIpc) is 3.18. The van der Waals surface area contributed by atoms with Crippen molar-refractivity contribution in [3.8, 4) is 0 Å². The molecule has 4 heterocycles. The SMILES string of the molecule is CC(C)(C)OC(=O)C(c1cccc2c1C(C)(C)OC2)N1CC(OCCCCCc2ccc3c(n2)NCCC3)C1. The highest BCUT2D eigenvalue weighted by Crippen LogP contribution is 2.43. The number of fused-ring (bicyclic) bond motifs is 2. The molecule has 0 bridgehead atoms. The summed E-state index contributed by atoms with van der Waals surface area (Å²) in [5.74, 6) is 0.876. The number of hydrogen-bond donors (Lipinski definition) is 1. The molecular weight excluding hydrogens is 490 g/mol. The van der Waals surface area contributed by atoms with Gasteiger partial charge in [-0.2, -0.15) is 0 Å². The molecule has 1 saturated heterocycles. The molecule has 7 heteroatoms. The minimum atomic E-state index is -0.550. The number of carbonyl (C=O) groups is 1. The summed E-state index contributed by atoms with van der Waals surface area (Å²) in [6.07, 6.45) is 6.74. The molecule has 7 nitrogen and oxygen atoms in total. The Bertz CT molecular complexity index is 1170. The number of benzene rings is 1. The molecule has 0 aliphatic carbocycles. The quantitative estimate of drug-likeness (QED) is 0.309. The highest BCUT2D eigenvalue weighted by molar-refractivity contribution is 5.79. The van der Waals surface area contributed by atoms with E-state index in [2.05, 4.69) is 48.3 Å². The Balaban J connectivity index is 1.11.